The van der Waals surface area contributed by atoms with E-state index in [1.165, 1.54) is 51.9 Å². The number of carboxylic acid groups (broad SMARTS) is 3. The van der Waals surface area contributed by atoms with E-state index in [4.69, 9.17) is 0 Å². The van der Waals surface area contributed by atoms with Gasteiger partial charge in [-0.25, -0.2) is 0 Å². The fourth-order valence-corrected chi connectivity index (χ4v) is 4.14. The molecule has 0 fully saturated rings. The van der Waals surface area contributed by atoms with Crippen LogP contribution in [0, 0.1) is 17.8 Å². The highest BCUT2D eigenvalue weighted by Crippen LogP contribution is 2.21. The average Bonchev–Trinajstić information content (AvgIpc) is 2.71. The van der Waals surface area contributed by atoms with E-state index in [2.05, 4.69) is 6.92 Å². The van der Waals surface area contributed by atoms with Gasteiger partial charge in [0.2, 0.25) is 0 Å². The van der Waals surface area contributed by atoms with Gasteiger partial charge in [0.05, 0.1) is 25.8 Å². The second-order valence-corrected chi connectivity index (χ2v) is 9.47. The van der Waals surface area contributed by atoms with Crippen molar-refractivity contribution in [2.75, 3.05) is 19.6 Å². The highest BCUT2D eigenvalue weighted by atomic mass is 16.4. The smallest absolute Gasteiger partial charge is 0.311 e. The lowest BCUT2D eigenvalue weighted by Crippen LogP contribution is -2.54. The molecule has 0 spiro atoms. The summed E-state index contributed by atoms with van der Waals surface area (Å²) in [5.41, 5.74) is 0. The van der Waals surface area contributed by atoms with Crippen LogP contribution in [0.2, 0.25) is 0 Å². The SMILES string of the molecule is CCCCCCCCCCC/C=C/[N+](CC(C)C(=O)[O-])(CC(C)C(=O)O)CC(C)C(=O)O. The van der Waals surface area contributed by atoms with Crippen LogP contribution in [0.1, 0.15) is 91.9 Å². The van der Waals surface area contributed by atoms with Gasteiger partial charge in [0.1, 0.15) is 11.8 Å². The van der Waals surface area contributed by atoms with Gasteiger partial charge >= 0.3 is 11.9 Å². The number of allylic oxidation sites excluding steroid dienone is 1. The second kappa shape index (κ2) is 16.7. The number of quaternary nitrogens is 1. The van der Waals surface area contributed by atoms with E-state index in [1.54, 1.807) is 13.8 Å². The maximum absolute atomic E-state index is 11.5. The average molecular weight is 456 g/mol. The van der Waals surface area contributed by atoms with Crippen molar-refractivity contribution in [3.8, 4) is 0 Å². The fourth-order valence-electron chi connectivity index (χ4n) is 4.14. The molecular formula is C25H45NO6. The van der Waals surface area contributed by atoms with Gasteiger partial charge < -0.3 is 20.1 Å². The van der Waals surface area contributed by atoms with Crippen molar-refractivity contribution in [1.29, 1.82) is 0 Å². The molecule has 7 heteroatoms. The maximum atomic E-state index is 11.5. The first-order valence-electron chi connectivity index (χ1n) is 12.2. The van der Waals surface area contributed by atoms with E-state index in [9.17, 15) is 29.7 Å². The molecule has 0 aromatic rings. The summed E-state index contributed by atoms with van der Waals surface area (Å²) in [6.07, 6.45) is 15.6. The summed E-state index contributed by atoms with van der Waals surface area (Å²) < 4.78 is 0.00745. The van der Waals surface area contributed by atoms with Crippen LogP contribution >= 0.6 is 0 Å². The van der Waals surface area contributed by atoms with E-state index < -0.39 is 35.7 Å². The van der Waals surface area contributed by atoms with Crippen LogP contribution in [0.5, 0.6) is 0 Å². The topological polar surface area (TPSA) is 115 Å². The zero-order valence-electron chi connectivity index (χ0n) is 20.6. The molecule has 0 rings (SSSR count). The predicted octanol–water partition coefficient (Wildman–Crippen LogP) is 4.07. The van der Waals surface area contributed by atoms with Gasteiger partial charge in [-0.1, -0.05) is 65.2 Å². The second-order valence-electron chi connectivity index (χ2n) is 9.47. The summed E-state index contributed by atoms with van der Waals surface area (Å²) in [6, 6.07) is 0. The first-order valence-corrected chi connectivity index (χ1v) is 12.2. The molecule has 0 saturated carbocycles. The number of rotatable bonds is 20. The Labute approximate surface area is 194 Å². The molecule has 0 bridgehead atoms. The maximum Gasteiger partial charge on any atom is 0.311 e. The lowest BCUT2D eigenvalue weighted by molar-refractivity contribution is -0.886. The minimum absolute atomic E-state index is 0.00745. The Hall–Kier alpha value is -1.89. The zero-order chi connectivity index (χ0) is 24.6. The summed E-state index contributed by atoms with van der Waals surface area (Å²) >= 11 is 0. The third kappa shape index (κ3) is 13.5. The minimum Gasteiger partial charge on any atom is -0.550 e. The van der Waals surface area contributed by atoms with Crippen molar-refractivity contribution in [2.45, 2.75) is 91.9 Å². The van der Waals surface area contributed by atoms with Crippen molar-refractivity contribution < 1.29 is 34.2 Å². The number of unbranched alkanes of at least 4 members (excludes halogenated alkanes) is 9. The van der Waals surface area contributed by atoms with Gasteiger partial charge in [0.15, 0.2) is 0 Å². The molecule has 3 atom stereocenters. The molecule has 0 aliphatic carbocycles. The van der Waals surface area contributed by atoms with E-state index >= 15 is 0 Å². The van der Waals surface area contributed by atoms with E-state index in [1.807, 2.05) is 12.3 Å². The van der Waals surface area contributed by atoms with Crippen molar-refractivity contribution in [3.63, 3.8) is 0 Å². The predicted molar refractivity (Wildman–Crippen MR) is 124 cm³/mol. The molecule has 3 unspecified atom stereocenters. The summed E-state index contributed by atoms with van der Waals surface area (Å²) in [7, 11) is 0. The highest BCUT2D eigenvalue weighted by Gasteiger charge is 2.35. The Balaban J connectivity index is 5.07. The van der Waals surface area contributed by atoms with E-state index in [-0.39, 0.29) is 24.1 Å². The first-order chi connectivity index (χ1) is 15.0. The molecule has 0 saturated heterocycles. The number of hydrogen-bond donors (Lipinski definition) is 2. The number of carboxylic acids is 3. The Kier molecular flexibility index (Phi) is 15.7. The molecule has 0 aliphatic heterocycles. The standard InChI is InChI=1S/C25H45NO6/c1-5-6-7-8-9-10-11-12-13-14-15-16-26(17-20(2)23(27)28,18-21(3)24(29)30)19-22(4)25(31)32/h15-16,20-22H,5-14,17-19H2,1-4H3,(H2-,27,28,29,30,31,32)/b16-15+. The third-order valence-electron chi connectivity index (χ3n) is 6.05. The van der Waals surface area contributed by atoms with Gasteiger partial charge in [-0.2, -0.15) is 0 Å². The van der Waals surface area contributed by atoms with Crippen LogP contribution in [0.4, 0.5) is 0 Å². The van der Waals surface area contributed by atoms with Crippen molar-refractivity contribution in [2.24, 2.45) is 17.8 Å². The van der Waals surface area contributed by atoms with Crippen molar-refractivity contribution in [3.05, 3.63) is 12.3 Å². The summed E-state index contributed by atoms with van der Waals surface area (Å²) in [4.78, 5) is 34.4. The zero-order valence-corrected chi connectivity index (χ0v) is 20.6. The number of aliphatic carboxylic acids is 3. The molecule has 0 aromatic heterocycles. The fraction of sp³-hybridized carbons (Fsp3) is 0.800. The third-order valence-corrected chi connectivity index (χ3v) is 6.05. The van der Waals surface area contributed by atoms with Gasteiger partial charge in [-0.05, 0) is 32.8 Å². The Morgan fingerprint density at radius 3 is 1.56 bits per heavy atom. The van der Waals surface area contributed by atoms with Gasteiger partial charge in [0.25, 0.3) is 0 Å². The lowest BCUT2D eigenvalue weighted by atomic mass is 10.0. The molecular weight excluding hydrogens is 410 g/mol. The quantitative estimate of drug-likeness (QED) is 0.211. The molecule has 0 aromatic carbocycles. The molecule has 0 heterocycles. The van der Waals surface area contributed by atoms with Crippen molar-refractivity contribution >= 4 is 17.9 Å². The Bertz CT molecular complexity index is 534. The van der Waals surface area contributed by atoms with Crippen LogP contribution in [-0.2, 0) is 14.4 Å². The molecule has 2 N–H and O–H groups in total. The number of nitrogens with zero attached hydrogens (tertiary/aromatic N) is 1. The van der Waals surface area contributed by atoms with Crippen LogP contribution in [-0.4, -0.2) is 52.2 Å². The molecule has 0 radical (unpaired) electrons. The first kappa shape index (κ1) is 30.1. The number of hydrogen-bond acceptors (Lipinski definition) is 4. The summed E-state index contributed by atoms with van der Waals surface area (Å²) in [5, 5.41) is 30.2. The normalized spacial score (nSPS) is 16.4. The number of carbonyl (C=O) groups is 3. The summed E-state index contributed by atoms with van der Waals surface area (Å²) in [6.45, 7) is 7.25. The van der Waals surface area contributed by atoms with E-state index in [0.29, 0.717) is 0 Å². The van der Waals surface area contributed by atoms with Gasteiger partial charge in [-0.15, -0.1) is 0 Å². The minimum atomic E-state index is -1.22. The van der Waals surface area contributed by atoms with Gasteiger partial charge in [0, 0.05) is 11.9 Å². The Morgan fingerprint density at radius 1 is 0.750 bits per heavy atom. The summed E-state index contributed by atoms with van der Waals surface area (Å²) in [5.74, 6) is -5.47. The van der Waals surface area contributed by atoms with Crippen LogP contribution in [0.3, 0.4) is 0 Å². The molecule has 7 nitrogen and oxygen atoms in total. The molecule has 186 valence electrons. The lowest BCUT2D eigenvalue weighted by Gasteiger charge is -2.39. The Morgan fingerprint density at radius 2 is 1.16 bits per heavy atom. The molecule has 32 heavy (non-hydrogen) atoms. The highest BCUT2D eigenvalue weighted by molar-refractivity contribution is 5.70. The van der Waals surface area contributed by atoms with Crippen molar-refractivity contribution in [1.82, 2.24) is 0 Å². The number of carbonyl (C=O) groups excluding carboxylic acids is 1. The molecule has 0 aliphatic rings. The monoisotopic (exact) mass is 455 g/mol. The van der Waals surface area contributed by atoms with Gasteiger partial charge in [-0.3, -0.25) is 14.1 Å². The largest absolute Gasteiger partial charge is 0.550 e. The van der Waals surface area contributed by atoms with E-state index in [0.717, 1.165) is 19.3 Å². The van der Waals surface area contributed by atoms with Crippen LogP contribution in [0.15, 0.2) is 12.3 Å². The van der Waals surface area contributed by atoms with Crippen LogP contribution in [0.25, 0.3) is 0 Å². The van der Waals surface area contributed by atoms with Crippen LogP contribution < -0.4 is 5.11 Å². The molecule has 0 amide bonds.